The Balaban J connectivity index is 1.40. The van der Waals surface area contributed by atoms with Gasteiger partial charge in [0, 0.05) is 37.7 Å². The lowest BCUT2D eigenvalue weighted by Gasteiger charge is -2.34. The fraction of sp³-hybridized carbons (Fsp3) is 0.391. The number of methoxy groups -OCH3 is 1. The molecule has 0 radical (unpaired) electrons. The zero-order valence-corrected chi connectivity index (χ0v) is 18.8. The van der Waals surface area contributed by atoms with Crippen molar-refractivity contribution in [1.82, 2.24) is 15.2 Å². The third-order valence-electron chi connectivity index (χ3n) is 5.04. The maximum absolute atomic E-state index is 12.2. The molecule has 1 aliphatic rings. The number of amides is 1. The first-order chi connectivity index (χ1) is 15.1. The van der Waals surface area contributed by atoms with E-state index in [0.717, 1.165) is 43.3 Å². The van der Waals surface area contributed by atoms with Gasteiger partial charge in [-0.15, -0.1) is 0 Å². The Bertz CT molecular complexity index is 881. The topological polar surface area (TPSA) is 66.4 Å². The number of carbonyl (C=O) groups excluding carboxylic acids is 1. The number of halogens is 1. The SMILES string of the molecule is CCOc1ccc(C=NNC(=O)CN2CCN(Cc3ccc(Cl)cc3)CC2)cc1OC. The van der Waals surface area contributed by atoms with Gasteiger partial charge in [0.25, 0.3) is 5.91 Å². The van der Waals surface area contributed by atoms with Crippen LogP contribution in [0.2, 0.25) is 5.02 Å². The van der Waals surface area contributed by atoms with Gasteiger partial charge in [-0.25, -0.2) is 5.43 Å². The van der Waals surface area contributed by atoms with Crippen LogP contribution in [0.15, 0.2) is 47.6 Å². The van der Waals surface area contributed by atoms with Crippen molar-refractivity contribution < 1.29 is 14.3 Å². The lowest BCUT2D eigenvalue weighted by atomic mass is 10.2. The summed E-state index contributed by atoms with van der Waals surface area (Å²) < 4.78 is 10.8. The van der Waals surface area contributed by atoms with Crippen molar-refractivity contribution in [2.24, 2.45) is 5.10 Å². The molecule has 2 aromatic carbocycles. The highest BCUT2D eigenvalue weighted by atomic mass is 35.5. The van der Waals surface area contributed by atoms with E-state index in [1.165, 1.54) is 5.56 Å². The highest BCUT2D eigenvalue weighted by Crippen LogP contribution is 2.27. The maximum atomic E-state index is 12.2. The predicted octanol–water partition coefficient (Wildman–Crippen LogP) is 3.02. The Hall–Kier alpha value is -2.61. The fourth-order valence-electron chi connectivity index (χ4n) is 3.41. The van der Waals surface area contributed by atoms with Gasteiger partial charge >= 0.3 is 0 Å². The molecule has 7 nitrogen and oxygen atoms in total. The highest BCUT2D eigenvalue weighted by molar-refractivity contribution is 6.30. The average Bonchev–Trinajstić information content (AvgIpc) is 2.78. The molecule has 1 amide bonds. The Kier molecular flexibility index (Phi) is 8.70. The van der Waals surface area contributed by atoms with Crippen molar-refractivity contribution in [1.29, 1.82) is 0 Å². The first kappa shape index (κ1) is 23.1. The zero-order valence-electron chi connectivity index (χ0n) is 18.0. The van der Waals surface area contributed by atoms with Crippen molar-refractivity contribution in [3.63, 3.8) is 0 Å². The fourth-order valence-corrected chi connectivity index (χ4v) is 3.54. The lowest BCUT2D eigenvalue weighted by Crippen LogP contribution is -2.48. The number of nitrogens with one attached hydrogen (secondary N) is 1. The zero-order chi connectivity index (χ0) is 22.1. The van der Waals surface area contributed by atoms with E-state index in [4.69, 9.17) is 21.1 Å². The van der Waals surface area contributed by atoms with Crippen LogP contribution >= 0.6 is 11.6 Å². The summed E-state index contributed by atoms with van der Waals surface area (Å²) in [6.07, 6.45) is 1.60. The number of nitrogens with zero attached hydrogens (tertiary/aromatic N) is 3. The van der Waals surface area contributed by atoms with E-state index in [1.807, 2.05) is 37.3 Å². The second kappa shape index (κ2) is 11.7. The molecule has 0 unspecified atom stereocenters. The summed E-state index contributed by atoms with van der Waals surface area (Å²) in [6, 6.07) is 13.5. The van der Waals surface area contributed by atoms with Crippen LogP contribution in [0, 0.1) is 0 Å². The van der Waals surface area contributed by atoms with Crippen LogP contribution < -0.4 is 14.9 Å². The number of hydrazone groups is 1. The van der Waals surface area contributed by atoms with E-state index in [1.54, 1.807) is 13.3 Å². The van der Waals surface area contributed by atoms with E-state index in [9.17, 15) is 4.79 Å². The molecule has 1 heterocycles. The Morgan fingerprint density at radius 3 is 2.48 bits per heavy atom. The molecule has 1 saturated heterocycles. The quantitative estimate of drug-likeness (QED) is 0.475. The molecule has 31 heavy (non-hydrogen) atoms. The molecular formula is C23H29ClN4O3. The van der Waals surface area contributed by atoms with E-state index in [-0.39, 0.29) is 5.91 Å². The van der Waals surface area contributed by atoms with Crippen molar-refractivity contribution in [3.05, 3.63) is 58.6 Å². The number of benzene rings is 2. The molecule has 1 fully saturated rings. The first-order valence-electron chi connectivity index (χ1n) is 10.4. The predicted molar refractivity (Wildman–Crippen MR) is 123 cm³/mol. The van der Waals surface area contributed by atoms with Gasteiger partial charge in [-0.05, 0) is 48.4 Å². The second-order valence-corrected chi connectivity index (χ2v) is 7.75. The van der Waals surface area contributed by atoms with E-state index in [2.05, 4.69) is 32.5 Å². The Morgan fingerprint density at radius 1 is 1.10 bits per heavy atom. The molecule has 8 heteroatoms. The van der Waals surface area contributed by atoms with Gasteiger partial charge in [-0.3, -0.25) is 14.6 Å². The number of piperazine rings is 1. The largest absolute Gasteiger partial charge is 0.493 e. The second-order valence-electron chi connectivity index (χ2n) is 7.32. The number of hydrogen-bond donors (Lipinski definition) is 1. The summed E-state index contributed by atoms with van der Waals surface area (Å²) in [5.41, 5.74) is 4.66. The third kappa shape index (κ3) is 7.24. The van der Waals surface area contributed by atoms with Crippen molar-refractivity contribution in [2.75, 3.05) is 46.4 Å². The van der Waals surface area contributed by atoms with Gasteiger partial charge in [0.2, 0.25) is 0 Å². The highest BCUT2D eigenvalue weighted by Gasteiger charge is 2.18. The van der Waals surface area contributed by atoms with Crippen LogP contribution in [0.5, 0.6) is 11.5 Å². The normalized spacial score (nSPS) is 15.2. The lowest BCUT2D eigenvalue weighted by molar-refractivity contribution is -0.122. The summed E-state index contributed by atoms with van der Waals surface area (Å²) in [6.45, 7) is 7.25. The van der Waals surface area contributed by atoms with Crippen LogP contribution in [0.1, 0.15) is 18.1 Å². The molecule has 166 valence electrons. The van der Waals surface area contributed by atoms with Crippen LogP contribution in [0.3, 0.4) is 0 Å². The summed E-state index contributed by atoms with van der Waals surface area (Å²) in [5.74, 6) is 1.19. The van der Waals surface area contributed by atoms with Crippen LogP contribution in [0.25, 0.3) is 0 Å². The summed E-state index contributed by atoms with van der Waals surface area (Å²) >= 11 is 5.95. The molecule has 0 bridgehead atoms. The molecule has 0 saturated carbocycles. The van der Waals surface area contributed by atoms with E-state index >= 15 is 0 Å². The first-order valence-corrected chi connectivity index (χ1v) is 10.8. The minimum atomic E-state index is -0.125. The number of rotatable bonds is 9. The van der Waals surface area contributed by atoms with Gasteiger partial charge < -0.3 is 9.47 Å². The molecule has 1 aliphatic heterocycles. The van der Waals surface area contributed by atoms with Crippen LogP contribution in [-0.2, 0) is 11.3 Å². The van der Waals surface area contributed by atoms with Crippen molar-refractivity contribution >= 4 is 23.7 Å². The standard InChI is InChI=1S/C23H29ClN4O3/c1-3-31-21-9-6-19(14-22(21)30-2)15-25-26-23(29)17-28-12-10-27(11-13-28)16-18-4-7-20(24)8-5-18/h4-9,14-15H,3,10-13,16-17H2,1-2H3,(H,26,29). The smallest absolute Gasteiger partial charge is 0.254 e. The molecular weight excluding hydrogens is 416 g/mol. The molecule has 0 aliphatic carbocycles. The number of ether oxygens (including phenoxy) is 2. The van der Waals surface area contributed by atoms with E-state index in [0.29, 0.717) is 24.7 Å². The van der Waals surface area contributed by atoms with Gasteiger partial charge in [0.05, 0.1) is 26.5 Å². The van der Waals surface area contributed by atoms with Gasteiger partial charge in [0.1, 0.15) is 0 Å². The summed E-state index contributed by atoms with van der Waals surface area (Å²) in [7, 11) is 1.59. The minimum Gasteiger partial charge on any atom is -0.493 e. The number of carbonyl (C=O) groups is 1. The van der Waals surface area contributed by atoms with Gasteiger partial charge in [-0.1, -0.05) is 23.7 Å². The molecule has 2 aromatic rings. The number of hydrogen-bond acceptors (Lipinski definition) is 6. The maximum Gasteiger partial charge on any atom is 0.254 e. The third-order valence-corrected chi connectivity index (χ3v) is 5.29. The van der Waals surface area contributed by atoms with Crippen molar-refractivity contribution in [3.8, 4) is 11.5 Å². The molecule has 3 rings (SSSR count). The Morgan fingerprint density at radius 2 is 1.81 bits per heavy atom. The average molecular weight is 445 g/mol. The van der Waals surface area contributed by atoms with Crippen LogP contribution in [0.4, 0.5) is 0 Å². The molecule has 1 N–H and O–H groups in total. The summed E-state index contributed by atoms with van der Waals surface area (Å²) in [5, 5.41) is 4.82. The van der Waals surface area contributed by atoms with Gasteiger partial charge in [0.15, 0.2) is 11.5 Å². The van der Waals surface area contributed by atoms with Gasteiger partial charge in [-0.2, -0.15) is 5.10 Å². The molecule has 0 atom stereocenters. The minimum absolute atomic E-state index is 0.125. The summed E-state index contributed by atoms with van der Waals surface area (Å²) in [4.78, 5) is 16.8. The molecule has 0 aromatic heterocycles. The monoisotopic (exact) mass is 444 g/mol. The Labute approximate surface area is 188 Å². The van der Waals surface area contributed by atoms with E-state index < -0.39 is 0 Å². The van der Waals surface area contributed by atoms with Crippen molar-refractivity contribution in [2.45, 2.75) is 13.5 Å². The molecule has 0 spiro atoms. The van der Waals surface area contributed by atoms with Crippen LogP contribution in [-0.4, -0.2) is 68.4 Å².